The Bertz CT molecular complexity index is 455. The highest BCUT2D eigenvalue weighted by atomic mass is 28.3. The largest absolute Gasteiger partial charge is 0.0862 e. The summed E-state index contributed by atoms with van der Waals surface area (Å²) in [5.74, 6) is 0.617. The first-order valence-electron chi connectivity index (χ1n) is 9.85. The van der Waals surface area contributed by atoms with Crippen molar-refractivity contribution in [1.82, 2.24) is 0 Å². The van der Waals surface area contributed by atoms with Gasteiger partial charge in [-0.15, -0.1) is 0 Å². The molecular formula is C22H38Si. The highest BCUT2D eigenvalue weighted by Crippen LogP contribution is 2.36. The van der Waals surface area contributed by atoms with E-state index >= 15 is 0 Å². The van der Waals surface area contributed by atoms with Crippen molar-refractivity contribution in [1.29, 1.82) is 0 Å². The minimum atomic E-state index is -1.33. The third-order valence-electron chi connectivity index (χ3n) is 5.65. The second-order valence-electron chi connectivity index (χ2n) is 7.23. The van der Waals surface area contributed by atoms with Crippen LogP contribution in [0.5, 0.6) is 0 Å². The van der Waals surface area contributed by atoms with Crippen molar-refractivity contribution in [2.45, 2.75) is 91.3 Å². The van der Waals surface area contributed by atoms with E-state index in [0.717, 1.165) is 0 Å². The predicted octanol–water partition coefficient (Wildman–Crippen LogP) is 7.82. The molecule has 0 nitrogen and oxygen atoms in total. The summed E-state index contributed by atoms with van der Waals surface area (Å²) < 4.78 is 0. The molecule has 0 saturated heterocycles. The number of rotatable bonds is 10. The van der Waals surface area contributed by atoms with Gasteiger partial charge < -0.3 is 0 Å². The zero-order chi connectivity index (χ0) is 17.3. The molecule has 0 saturated carbocycles. The summed E-state index contributed by atoms with van der Waals surface area (Å²) in [6, 6.07) is 13.6. The molecule has 1 heteroatoms. The van der Waals surface area contributed by atoms with Gasteiger partial charge in [-0.05, 0) is 29.9 Å². The molecule has 0 aliphatic rings. The van der Waals surface area contributed by atoms with Gasteiger partial charge in [-0.1, -0.05) is 108 Å². The van der Waals surface area contributed by atoms with Gasteiger partial charge in [0.2, 0.25) is 0 Å². The molecule has 0 unspecified atom stereocenters. The van der Waals surface area contributed by atoms with Crippen molar-refractivity contribution >= 4 is 13.3 Å². The molecule has 0 atom stereocenters. The second-order valence-corrected chi connectivity index (χ2v) is 12.5. The molecule has 0 aromatic heterocycles. The SMILES string of the molecule is CCCCC/C=C(/c1ccc(C(C)C)cc1)[Si](CC)(CC)CC. The number of benzene rings is 1. The quantitative estimate of drug-likeness (QED) is 0.303. The normalized spacial score (nSPS) is 12.9. The molecule has 0 fully saturated rings. The van der Waals surface area contributed by atoms with Crippen molar-refractivity contribution in [3.8, 4) is 0 Å². The number of hydrogen-bond acceptors (Lipinski definition) is 0. The topological polar surface area (TPSA) is 0 Å². The first-order valence-corrected chi connectivity index (χ1v) is 12.5. The molecule has 0 spiro atoms. The lowest BCUT2D eigenvalue weighted by atomic mass is 10.0. The van der Waals surface area contributed by atoms with Crippen LogP contribution in [0.2, 0.25) is 18.1 Å². The van der Waals surface area contributed by atoms with E-state index in [9.17, 15) is 0 Å². The van der Waals surface area contributed by atoms with Gasteiger partial charge in [0.05, 0.1) is 8.07 Å². The monoisotopic (exact) mass is 330 g/mol. The van der Waals surface area contributed by atoms with Crippen LogP contribution >= 0.6 is 0 Å². The zero-order valence-electron chi connectivity index (χ0n) is 16.4. The van der Waals surface area contributed by atoms with Gasteiger partial charge in [0.25, 0.3) is 0 Å². The van der Waals surface area contributed by atoms with Crippen molar-refractivity contribution in [3.63, 3.8) is 0 Å². The summed E-state index contributed by atoms with van der Waals surface area (Å²) in [6.07, 6.45) is 7.87. The third-order valence-corrected chi connectivity index (χ3v) is 11.3. The summed E-state index contributed by atoms with van der Waals surface area (Å²) in [7, 11) is -1.33. The van der Waals surface area contributed by atoms with E-state index in [4.69, 9.17) is 0 Å². The molecule has 23 heavy (non-hydrogen) atoms. The van der Waals surface area contributed by atoms with E-state index in [1.54, 1.807) is 5.20 Å². The lowest BCUT2D eigenvalue weighted by Gasteiger charge is -2.32. The summed E-state index contributed by atoms with van der Waals surface area (Å²) in [5, 5.41) is 1.73. The molecule has 1 aromatic carbocycles. The first-order chi connectivity index (χ1) is 11.0. The molecular weight excluding hydrogens is 292 g/mol. The van der Waals surface area contributed by atoms with Gasteiger partial charge in [0.15, 0.2) is 0 Å². The third kappa shape index (κ3) is 5.34. The fourth-order valence-corrected chi connectivity index (χ4v) is 7.65. The van der Waals surface area contributed by atoms with Crippen LogP contribution in [0, 0.1) is 0 Å². The minimum Gasteiger partial charge on any atom is -0.0847 e. The molecule has 1 rings (SSSR count). The van der Waals surface area contributed by atoms with Crippen LogP contribution in [0.4, 0.5) is 0 Å². The fourth-order valence-electron chi connectivity index (χ4n) is 3.65. The van der Waals surface area contributed by atoms with Crippen LogP contribution in [0.1, 0.15) is 84.3 Å². The van der Waals surface area contributed by atoms with Crippen molar-refractivity contribution in [2.75, 3.05) is 0 Å². The average Bonchev–Trinajstić information content (AvgIpc) is 2.58. The van der Waals surface area contributed by atoms with Crippen LogP contribution in [0.25, 0.3) is 5.20 Å². The summed E-state index contributed by atoms with van der Waals surface area (Å²) in [6.45, 7) is 14.1. The Labute approximate surface area is 146 Å². The lowest BCUT2D eigenvalue weighted by Crippen LogP contribution is -2.33. The second kappa shape index (κ2) is 10.1. The highest BCUT2D eigenvalue weighted by Gasteiger charge is 2.31. The van der Waals surface area contributed by atoms with E-state index in [1.807, 2.05) is 0 Å². The maximum atomic E-state index is 2.61. The van der Waals surface area contributed by atoms with Crippen LogP contribution in [0.3, 0.4) is 0 Å². The van der Waals surface area contributed by atoms with Gasteiger partial charge in [-0.3, -0.25) is 0 Å². The lowest BCUT2D eigenvalue weighted by molar-refractivity contribution is 0.730. The smallest absolute Gasteiger partial charge is 0.0847 e. The summed E-state index contributed by atoms with van der Waals surface area (Å²) in [5.41, 5.74) is 2.96. The van der Waals surface area contributed by atoms with Crippen molar-refractivity contribution < 1.29 is 0 Å². The van der Waals surface area contributed by atoms with E-state index in [1.165, 1.54) is 54.9 Å². The molecule has 0 radical (unpaired) electrons. The average molecular weight is 331 g/mol. The minimum absolute atomic E-state index is 0.617. The number of unbranched alkanes of at least 4 members (excludes halogenated alkanes) is 3. The van der Waals surface area contributed by atoms with Crippen molar-refractivity contribution in [3.05, 3.63) is 41.5 Å². The van der Waals surface area contributed by atoms with Crippen LogP contribution in [-0.2, 0) is 0 Å². The first kappa shape index (κ1) is 20.2. The van der Waals surface area contributed by atoms with Gasteiger partial charge >= 0.3 is 0 Å². The molecule has 0 bridgehead atoms. The van der Waals surface area contributed by atoms with E-state index in [-0.39, 0.29) is 0 Å². The fraction of sp³-hybridized carbons (Fsp3) is 0.636. The van der Waals surface area contributed by atoms with Gasteiger partial charge in [0, 0.05) is 0 Å². The molecule has 1 aromatic rings. The summed E-state index contributed by atoms with van der Waals surface area (Å²) in [4.78, 5) is 0. The Morgan fingerprint density at radius 1 is 0.913 bits per heavy atom. The number of allylic oxidation sites excluding steroid dienone is 1. The Hall–Kier alpha value is -0.823. The van der Waals surface area contributed by atoms with Crippen LogP contribution in [0.15, 0.2) is 30.3 Å². The van der Waals surface area contributed by atoms with Crippen LogP contribution in [-0.4, -0.2) is 8.07 Å². The number of hydrogen-bond donors (Lipinski definition) is 0. The molecule has 0 aliphatic heterocycles. The van der Waals surface area contributed by atoms with Crippen LogP contribution < -0.4 is 0 Å². The maximum absolute atomic E-state index is 2.61. The molecule has 0 aliphatic carbocycles. The summed E-state index contributed by atoms with van der Waals surface area (Å²) >= 11 is 0. The molecule has 0 heterocycles. The van der Waals surface area contributed by atoms with E-state index in [0.29, 0.717) is 5.92 Å². The molecule has 130 valence electrons. The van der Waals surface area contributed by atoms with E-state index < -0.39 is 8.07 Å². The Balaban J connectivity index is 3.16. The molecule has 0 amide bonds. The van der Waals surface area contributed by atoms with Gasteiger partial charge in [0.1, 0.15) is 0 Å². The highest BCUT2D eigenvalue weighted by molar-refractivity contribution is 6.96. The van der Waals surface area contributed by atoms with Gasteiger partial charge in [-0.25, -0.2) is 0 Å². The predicted molar refractivity (Wildman–Crippen MR) is 110 cm³/mol. The Kier molecular flexibility index (Phi) is 8.90. The van der Waals surface area contributed by atoms with Crippen molar-refractivity contribution in [2.24, 2.45) is 0 Å². The maximum Gasteiger partial charge on any atom is 0.0862 e. The van der Waals surface area contributed by atoms with Gasteiger partial charge in [-0.2, -0.15) is 0 Å². The Morgan fingerprint density at radius 3 is 1.91 bits per heavy atom. The standard InChI is InChI=1S/C22H38Si/c1-7-11-12-13-14-22(23(8-2,9-3)10-4)21-17-15-20(16-18-21)19(5)6/h14-19H,7-13H2,1-6H3/b22-14-. The molecule has 0 N–H and O–H groups in total. The zero-order valence-corrected chi connectivity index (χ0v) is 17.4. The Morgan fingerprint density at radius 2 is 1.48 bits per heavy atom. The van der Waals surface area contributed by atoms with E-state index in [2.05, 4.69) is 71.9 Å².